The standard InChI is InChI=1S/C27H44O2/c1-19-10-13-23(28)18-22(19)12-11-21-9-7-17-27(5)24(14-15-25(21)27)20(2)8-6-16-26(3,4)29/h11-12,20,23-25,28-29H,1,6-10,13-18H2,2-5H3/b21-11?,22-12-/t20?,23?,24-,25?,27-/m1/s1. The largest absolute Gasteiger partial charge is 0.393 e. The lowest BCUT2D eigenvalue weighted by Gasteiger charge is -2.44. The van der Waals surface area contributed by atoms with Crippen LogP contribution in [0.1, 0.15) is 98.3 Å². The van der Waals surface area contributed by atoms with Crippen LogP contribution in [-0.4, -0.2) is 21.9 Å². The van der Waals surface area contributed by atoms with Crippen LogP contribution in [0.2, 0.25) is 0 Å². The SMILES string of the molecule is C=C1CCC(O)C/C1=C/C=C1CCC[C@@]2(C)C1CC[C@@H]2C(C)CCCC(C)(C)O. The van der Waals surface area contributed by atoms with E-state index in [1.807, 2.05) is 13.8 Å². The minimum absolute atomic E-state index is 0.192. The highest BCUT2D eigenvalue weighted by molar-refractivity contribution is 5.36. The summed E-state index contributed by atoms with van der Waals surface area (Å²) in [6, 6.07) is 0. The number of fused-ring (bicyclic) bond motifs is 1. The molecular weight excluding hydrogens is 356 g/mol. The van der Waals surface area contributed by atoms with E-state index in [0.717, 1.165) is 49.9 Å². The van der Waals surface area contributed by atoms with E-state index in [0.29, 0.717) is 5.41 Å². The molecule has 0 aromatic carbocycles. The number of aliphatic hydroxyl groups is 2. The van der Waals surface area contributed by atoms with Gasteiger partial charge in [0.2, 0.25) is 0 Å². The van der Waals surface area contributed by atoms with Crippen molar-refractivity contribution in [1.82, 2.24) is 0 Å². The van der Waals surface area contributed by atoms with Gasteiger partial charge in [-0.25, -0.2) is 0 Å². The summed E-state index contributed by atoms with van der Waals surface area (Å²) in [5.74, 6) is 2.26. The number of hydrogen-bond donors (Lipinski definition) is 2. The molecule has 2 N–H and O–H groups in total. The van der Waals surface area contributed by atoms with E-state index < -0.39 is 5.60 Å². The normalized spacial score (nSPS) is 37.2. The van der Waals surface area contributed by atoms with Gasteiger partial charge in [0.15, 0.2) is 0 Å². The van der Waals surface area contributed by atoms with Crippen LogP contribution in [-0.2, 0) is 0 Å². The molecule has 164 valence electrons. The Hall–Kier alpha value is -0.860. The Kier molecular flexibility index (Phi) is 7.16. The topological polar surface area (TPSA) is 40.5 Å². The number of rotatable bonds is 6. The summed E-state index contributed by atoms with van der Waals surface area (Å²) in [5, 5.41) is 20.1. The summed E-state index contributed by atoms with van der Waals surface area (Å²) in [7, 11) is 0. The van der Waals surface area contributed by atoms with Gasteiger partial charge in [-0.1, -0.05) is 56.6 Å². The van der Waals surface area contributed by atoms with E-state index in [2.05, 4.69) is 32.6 Å². The van der Waals surface area contributed by atoms with Gasteiger partial charge >= 0.3 is 0 Å². The van der Waals surface area contributed by atoms with E-state index >= 15 is 0 Å². The maximum atomic E-state index is 10.0. The van der Waals surface area contributed by atoms with Gasteiger partial charge in [0.1, 0.15) is 0 Å². The third kappa shape index (κ3) is 5.44. The minimum atomic E-state index is -0.535. The zero-order chi connectivity index (χ0) is 21.2. The second kappa shape index (κ2) is 9.10. The minimum Gasteiger partial charge on any atom is -0.393 e. The van der Waals surface area contributed by atoms with Crippen LogP contribution in [0, 0.1) is 23.2 Å². The first-order valence-corrected chi connectivity index (χ1v) is 12.1. The number of allylic oxidation sites excluding steroid dienone is 4. The molecule has 3 saturated carbocycles. The second-order valence-electron chi connectivity index (χ2n) is 11.2. The van der Waals surface area contributed by atoms with Crippen LogP contribution in [0.15, 0.2) is 35.5 Å². The summed E-state index contributed by atoms with van der Waals surface area (Å²) >= 11 is 0. The van der Waals surface area contributed by atoms with Crippen molar-refractivity contribution in [3.63, 3.8) is 0 Å². The quantitative estimate of drug-likeness (QED) is 0.518. The lowest BCUT2D eigenvalue weighted by atomic mass is 9.60. The lowest BCUT2D eigenvalue weighted by molar-refractivity contribution is 0.0596. The highest BCUT2D eigenvalue weighted by atomic mass is 16.3. The van der Waals surface area contributed by atoms with E-state index in [4.69, 9.17) is 0 Å². The molecule has 3 aliphatic carbocycles. The van der Waals surface area contributed by atoms with Gasteiger partial charge in [0.05, 0.1) is 11.7 Å². The van der Waals surface area contributed by atoms with Crippen molar-refractivity contribution in [2.75, 3.05) is 0 Å². The summed E-state index contributed by atoms with van der Waals surface area (Å²) in [5.41, 5.74) is 4.02. The zero-order valence-electron chi connectivity index (χ0n) is 19.3. The Morgan fingerprint density at radius 3 is 2.69 bits per heavy atom. The predicted octanol–water partition coefficient (Wildman–Crippen LogP) is 6.73. The average molecular weight is 401 g/mol. The molecule has 3 fully saturated rings. The summed E-state index contributed by atoms with van der Waals surface area (Å²) in [6.07, 6.45) is 16.9. The Morgan fingerprint density at radius 1 is 1.21 bits per heavy atom. The molecule has 0 aromatic heterocycles. The molecule has 3 unspecified atom stereocenters. The molecule has 0 spiro atoms. The van der Waals surface area contributed by atoms with Crippen molar-refractivity contribution in [1.29, 1.82) is 0 Å². The summed E-state index contributed by atoms with van der Waals surface area (Å²) in [6.45, 7) is 13.1. The molecular formula is C27H44O2. The van der Waals surface area contributed by atoms with Gasteiger partial charge in [0, 0.05) is 0 Å². The van der Waals surface area contributed by atoms with Gasteiger partial charge in [-0.15, -0.1) is 0 Å². The van der Waals surface area contributed by atoms with Crippen molar-refractivity contribution in [3.8, 4) is 0 Å². The van der Waals surface area contributed by atoms with E-state index in [-0.39, 0.29) is 6.10 Å². The Bertz CT molecular complexity index is 650. The number of aliphatic hydroxyl groups excluding tert-OH is 1. The first-order chi connectivity index (χ1) is 13.6. The smallest absolute Gasteiger partial charge is 0.0591 e. The van der Waals surface area contributed by atoms with Crippen LogP contribution < -0.4 is 0 Å². The summed E-state index contributed by atoms with van der Waals surface area (Å²) < 4.78 is 0. The maximum Gasteiger partial charge on any atom is 0.0591 e. The Balaban J connectivity index is 1.68. The fraction of sp³-hybridized carbons (Fsp3) is 0.778. The van der Waals surface area contributed by atoms with Gasteiger partial charge in [-0.3, -0.25) is 0 Å². The predicted molar refractivity (Wildman–Crippen MR) is 123 cm³/mol. The molecule has 0 saturated heterocycles. The van der Waals surface area contributed by atoms with Gasteiger partial charge in [0.25, 0.3) is 0 Å². The third-order valence-electron chi connectivity index (χ3n) is 8.36. The van der Waals surface area contributed by atoms with Crippen LogP contribution in [0.5, 0.6) is 0 Å². The van der Waals surface area contributed by atoms with Crippen LogP contribution in [0.25, 0.3) is 0 Å². The molecule has 0 aromatic rings. The Morgan fingerprint density at radius 2 is 1.97 bits per heavy atom. The fourth-order valence-electron chi connectivity index (χ4n) is 6.67. The highest BCUT2D eigenvalue weighted by Crippen LogP contribution is 2.60. The van der Waals surface area contributed by atoms with E-state index in [1.54, 1.807) is 5.57 Å². The third-order valence-corrected chi connectivity index (χ3v) is 8.36. The summed E-state index contributed by atoms with van der Waals surface area (Å²) in [4.78, 5) is 0. The molecule has 0 radical (unpaired) electrons. The zero-order valence-corrected chi connectivity index (χ0v) is 19.3. The highest BCUT2D eigenvalue weighted by Gasteiger charge is 2.50. The van der Waals surface area contributed by atoms with Crippen LogP contribution in [0.3, 0.4) is 0 Å². The van der Waals surface area contributed by atoms with E-state index in [1.165, 1.54) is 49.7 Å². The first-order valence-electron chi connectivity index (χ1n) is 12.1. The van der Waals surface area contributed by atoms with Gasteiger partial charge in [-0.2, -0.15) is 0 Å². The molecule has 2 heteroatoms. The molecule has 0 heterocycles. The van der Waals surface area contributed by atoms with Crippen molar-refractivity contribution in [2.45, 2.75) is 110 Å². The number of hydrogen-bond acceptors (Lipinski definition) is 2. The van der Waals surface area contributed by atoms with Crippen LogP contribution >= 0.6 is 0 Å². The van der Waals surface area contributed by atoms with Crippen molar-refractivity contribution in [3.05, 3.63) is 35.5 Å². The lowest BCUT2D eigenvalue weighted by Crippen LogP contribution is -2.36. The second-order valence-corrected chi connectivity index (χ2v) is 11.2. The molecule has 5 atom stereocenters. The van der Waals surface area contributed by atoms with E-state index in [9.17, 15) is 10.2 Å². The average Bonchev–Trinajstić information content (AvgIpc) is 2.99. The monoisotopic (exact) mass is 400 g/mol. The molecule has 3 rings (SSSR count). The molecule has 0 amide bonds. The van der Waals surface area contributed by atoms with Crippen molar-refractivity contribution >= 4 is 0 Å². The molecule has 29 heavy (non-hydrogen) atoms. The maximum absolute atomic E-state index is 10.0. The Labute approximate surface area is 179 Å². The van der Waals surface area contributed by atoms with Gasteiger partial charge < -0.3 is 10.2 Å². The van der Waals surface area contributed by atoms with Crippen molar-refractivity contribution in [2.24, 2.45) is 23.2 Å². The molecule has 3 aliphatic rings. The van der Waals surface area contributed by atoms with Crippen LogP contribution in [0.4, 0.5) is 0 Å². The molecule has 0 bridgehead atoms. The fourth-order valence-corrected chi connectivity index (χ4v) is 6.67. The molecule has 2 nitrogen and oxygen atoms in total. The first kappa shape index (κ1) is 22.8. The van der Waals surface area contributed by atoms with Gasteiger partial charge in [-0.05, 0) is 100 Å². The molecule has 0 aliphatic heterocycles. The van der Waals surface area contributed by atoms with Crippen molar-refractivity contribution < 1.29 is 10.2 Å².